The average molecular weight is 846 g/mol. The molecule has 0 N–H and O–H groups in total. The van der Waals surface area contributed by atoms with Gasteiger partial charge in [0.2, 0.25) is 0 Å². The molecule has 0 heterocycles. The van der Waals surface area contributed by atoms with E-state index in [1.54, 1.807) is 5.56 Å². The van der Waals surface area contributed by atoms with Gasteiger partial charge in [-0.15, -0.1) is 0 Å². The summed E-state index contributed by atoms with van der Waals surface area (Å²) in [5.74, 6) is 1.49. The van der Waals surface area contributed by atoms with E-state index in [1.165, 1.54) is 121 Å². The van der Waals surface area contributed by atoms with Gasteiger partial charge in [-0.2, -0.15) is 0 Å². The third kappa shape index (κ3) is 5.01. The monoisotopic (exact) mass is 845 g/mol. The van der Waals surface area contributed by atoms with E-state index in [9.17, 15) is 0 Å². The minimum atomic E-state index is -0.496. The standard InChI is InChI=1S/C65H51N/c1-63(2)56-24-12-11-22-55(56)62-50(23-15-27-59(62)63)43-29-32-47(33-30-43)66(48-34-36-53-51-20-9-13-25-57(51)64(60(53)39-48)41-42-28-31-46(64)38-42)49-35-37-54-52-21-10-14-26-58(52)65(61(54)40-49,44-16-5-3-6-17-44)45-18-7-4-8-19-45/h3-27,29-30,32-37,39-40,42,46H,28,31,38,41H2,1-2H3. The van der Waals surface area contributed by atoms with Crippen molar-refractivity contribution in [2.24, 2.45) is 11.8 Å². The summed E-state index contributed by atoms with van der Waals surface area (Å²) >= 11 is 0. The first-order valence-electron chi connectivity index (χ1n) is 24.2. The molecule has 5 aliphatic carbocycles. The van der Waals surface area contributed by atoms with Gasteiger partial charge in [-0.1, -0.05) is 196 Å². The molecule has 5 aliphatic rings. The first-order valence-corrected chi connectivity index (χ1v) is 24.2. The second-order valence-electron chi connectivity index (χ2n) is 20.4. The van der Waals surface area contributed by atoms with Crippen LogP contribution < -0.4 is 4.90 Å². The molecule has 9 aromatic carbocycles. The molecule has 14 rings (SSSR count). The number of benzene rings is 9. The van der Waals surface area contributed by atoms with Crippen LogP contribution in [0.25, 0.3) is 44.5 Å². The Morgan fingerprint density at radius 3 is 1.56 bits per heavy atom. The summed E-state index contributed by atoms with van der Waals surface area (Å²) in [6, 6.07) is 81.1. The highest BCUT2D eigenvalue weighted by Crippen LogP contribution is 2.66. The molecule has 2 saturated carbocycles. The molecule has 2 bridgehead atoms. The minimum absolute atomic E-state index is 0.0516. The second-order valence-corrected chi connectivity index (χ2v) is 20.4. The lowest BCUT2D eigenvalue weighted by atomic mass is 9.67. The van der Waals surface area contributed by atoms with E-state index in [4.69, 9.17) is 0 Å². The van der Waals surface area contributed by atoms with Crippen LogP contribution in [0.2, 0.25) is 0 Å². The van der Waals surface area contributed by atoms with Crippen molar-refractivity contribution in [2.45, 2.75) is 55.8 Å². The van der Waals surface area contributed by atoms with Gasteiger partial charge in [-0.25, -0.2) is 0 Å². The van der Waals surface area contributed by atoms with Crippen LogP contribution in [-0.4, -0.2) is 0 Å². The van der Waals surface area contributed by atoms with Crippen LogP contribution in [0.3, 0.4) is 0 Å². The van der Waals surface area contributed by atoms with Crippen molar-refractivity contribution < 1.29 is 0 Å². The maximum Gasteiger partial charge on any atom is 0.0714 e. The molecule has 3 atom stereocenters. The summed E-state index contributed by atoms with van der Waals surface area (Å²) in [4.78, 5) is 2.56. The van der Waals surface area contributed by atoms with Gasteiger partial charge in [0.15, 0.2) is 0 Å². The van der Waals surface area contributed by atoms with Crippen molar-refractivity contribution in [3.05, 3.63) is 257 Å². The fraction of sp³-hybridized carbons (Fsp3) is 0.169. The normalized spacial score (nSPS) is 20.3. The van der Waals surface area contributed by atoms with E-state index in [-0.39, 0.29) is 10.8 Å². The Kier molecular flexibility index (Phi) is 8.02. The topological polar surface area (TPSA) is 3.24 Å². The maximum atomic E-state index is 2.61. The Morgan fingerprint density at radius 2 is 0.909 bits per heavy atom. The molecule has 1 nitrogen and oxygen atoms in total. The average Bonchev–Trinajstić information content (AvgIpc) is 4.18. The van der Waals surface area contributed by atoms with Gasteiger partial charge < -0.3 is 4.90 Å². The lowest BCUT2D eigenvalue weighted by molar-refractivity contribution is 0.327. The highest BCUT2D eigenvalue weighted by molar-refractivity contribution is 5.94. The van der Waals surface area contributed by atoms with Crippen LogP contribution >= 0.6 is 0 Å². The zero-order valence-electron chi connectivity index (χ0n) is 37.6. The van der Waals surface area contributed by atoms with E-state index in [1.807, 2.05) is 0 Å². The summed E-state index contributed by atoms with van der Waals surface area (Å²) in [5, 5.41) is 0. The summed E-state index contributed by atoms with van der Waals surface area (Å²) in [5.41, 5.74) is 24.9. The number of fused-ring (bicyclic) bond motifs is 14. The summed E-state index contributed by atoms with van der Waals surface area (Å²) in [7, 11) is 0. The number of rotatable bonds is 6. The van der Waals surface area contributed by atoms with Crippen LogP contribution in [-0.2, 0) is 16.2 Å². The van der Waals surface area contributed by atoms with E-state index in [2.05, 4.69) is 231 Å². The van der Waals surface area contributed by atoms with Gasteiger partial charge in [-0.05, 0) is 157 Å². The van der Waals surface area contributed by atoms with Gasteiger partial charge in [0.05, 0.1) is 5.41 Å². The van der Waals surface area contributed by atoms with Crippen molar-refractivity contribution >= 4 is 17.1 Å². The van der Waals surface area contributed by atoms with Crippen molar-refractivity contribution in [2.75, 3.05) is 4.90 Å². The predicted octanol–water partition coefficient (Wildman–Crippen LogP) is 16.6. The van der Waals surface area contributed by atoms with Crippen molar-refractivity contribution in [1.29, 1.82) is 0 Å². The lowest BCUT2D eigenvalue weighted by Crippen LogP contribution is -2.32. The Labute approximate surface area is 389 Å². The van der Waals surface area contributed by atoms with Crippen molar-refractivity contribution in [3.63, 3.8) is 0 Å². The van der Waals surface area contributed by atoms with E-state index >= 15 is 0 Å². The highest BCUT2D eigenvalue weighted by atomic mass is 15.1. The quantitative estimate of drug-likeness (QED) is 0.161. The van der Waals surface area contributed by atoms with Crippen LogP contribution in [0, 0.1) is 11.8 Å². The van der Waals surface area contributed by atoms with Crippen LogP contribution in [0.1, 0.15) is 84.0 Å². The van der Waals surface area contributed by atoms with Gasteiger partial charge >= 0.3 is 0 Å². The zero-order valence-corrected chi connectivity index (χ0v) is 37.6. The summed E-state index contributed by atoms with van der Waals surface area (Å²) < 4.78 is 0. The van der Waals surface area contributed by atoms with Crippen LogP contribution in [0.15, 0.2) is 212 Å². The fourth-order valence-corrected chi connectivity index (χ4v) is 14.3. The number of anilines is 3. The van der Waals surface area contributed by atoms with E-state index < -0.39 is 5.41 Å². The van der Waals surface area contributed by atoms with Gasteiger partial charge in [0, 0.05) is 27.9 Å². The molecule has 0 amide bonds. The molecule has 0 saturated heterocycles. The first kappa shape index (κ1) is 38.1. The fourth-order valence-electron chi connectivity index (χ4n) is 14.3. The molecule has 0 aliphatic heterocycles. The zero-order chi connectivity index (χ0) is 43.8. The molecular weight excluding hydrogens is 795 g/mol. The predicted molar refractivity (Wildman–Crippen MR) is 273 cm³/mol. The van der Waals surface area contributed by atoms with E-state index in [0.29, 0.717) is 5.92 Å². The molecular formula is C65H51N. The van der Waals surface area contributed by atoms with Gasteiger partial charge in [0.25, 0.3) is 0 Å². The number of hydrogen-bond donors (Lipinski definition) is 0. The second kappa shape index (κ2) is 13.9. The molecule has 2 fully saturated rings. The SMILES string of the molecule is CC1(C)c2ccccc2-c2c(-c3ccc(N(c4ccc5c(c4)C(c4ccccc4)(c4ccccc4)c4ccccc4-5)c4ccc5c(c4)C4(CC6CCC4C6)c4ccccc4-5)cc3)cccc21. The molecule has 1 heteroatoms. The maximum absolute atomic E-state index is 2.61. The molecule has 0 aromatic heterocycles. The minimum Gasteiger partial charge on any atom is -0.310 e. The molecule has 9 aromatic rings. The molecule has 66 heavy (non-hydrogen) atoms. The largest absolute Gasteiger partial charge is 0.310 e. The third-order valence-electron chi connectivity index (χ3n) is 17.0. The van der Waals surface area contributed by atoms with Crippen LogP contribution in [0.5, 0.6) is 0 Å². The van der Waals surface area contributed by atoms with Crippen molar-refractivity contribution in [1.82, 2.24) is 0 Å². The highest BCUT2D eigenvalue weighted by Gasteiger charge is 2.57. The molecule has 0 radical (unpaired) electrons. The molecule has 1 spiro atoms. The first-order chi connectivity index (χ1) is 32.5. The van der Waals surface area contributed by atoms with E-state index in [0.717, 1.165) is 11.6 Å². The molecule has 3 unspecified atom stereocenters. The Bertz CT molecular complexity index is 3370. The summed E-state index contributed by atoms with van der Waals surface area (Å²) in [6.07, 6.45) is 5.30. The Hall–Kier alpha value is -7.22. The lowest BCUT2D eigenvalue weighted by Gasteiger charge is -2.37. The number of hydrogen-bond acceptors (Lipinski definition) is 1. The number of nitrogens with zero attached hydrogens (tertiary/aromatic N) is 1. The Balaban J connectivity index is 0.987. The smallest absolute Gasteiger partial charge is 0.0714 e. The molecule has 316 valence electrons. The Morgan fingerprint density at radius 1 is 0.394 bits per heavy atom. The van der Waals surface area contributed by atoms with Gasteiger partial charge in [-0.3, -0.25) is 0 Å². The third-order valence-corrected chi connectivity index (χ3v) is 17.0. The summed E-state index contributed by atoms with van der Waals surface area (Å²) in [6.45, 7) is 4.75. The van der Waals surface area contributed by atoms with Crippen molar-refractivity contribution in [3.8, 4) is 44.5 Å². The van der Waals surface area contributed by atoms with Gasteiger partial charge in [0.1, 0.15) is 0 Å². The van der Waals surface area contributed by atoms with Crippen LogP contribution in [0.4, 0.5) is 17.1 Å².